The lowest BCUT2D eigenvalue weighted by Crippen LogP contribution is -2.40. The van der Waals surface area contributed by atoms with Gasteiger partial charge in [-0.3, -0.25) is 4.79 Å². The Hall–Kier alpha value is -2.81. The van der Waals surface area contributed by atoms with Gasteiger partial charge in [-0.1, -0.05) is 12.1 Å². The van der Waals surface area contributed by atoms with E-state index in [2.05, 4.69) is 0 Å². The minimum atomic E-state index is -3.23. The Balaban J connectivity index is 2.01. The van der Waals surface area contributed by atoms with Crippen LogP contribution in [0.4, 0.5) is 4.39 Å². The standard InChI is InChI=1S/C21H24FNO6S/c1-27-18-10-15(11-19(28-2)20(18)29-3)21(24)23(17-7-8-30(25,26)13-17)12-14-5-4-6-16(22)9-14/h4-6,9-11,17H,7-8,12-13H2,1-3H3/t17-/m0/s1. The molecule has 9 heteroatoms. The molecular formula is C21H24FNO6S. The lowest BCUT2D eigenvalue weighted by atomic mass is 10.1. The van der Waals surface area contributed by atoms with Crippen LogP contribution in [0.5, 0.6) is 17.2 Å². The van der Waals surface area contributed by atoms with Gasteiger partial charge in [0.1, 0.15) is 5.82 Å². The fourth-order valence-electron chi connectivity index (χ4n) is 3.59. The number of carbonyl (C=O) groups is 1. The zero-order chi connectivity index (χ0) is 21.9. The number of halogens is 1. The van der Waals surface area contributed by atoms with Gasteiger partial charge in [-0.25, -0.2) is 12.8 Å². The predicted molar refractivity (Wildman–Crippen MR) is 109 cm³/mol. The van der Waals surface area contributed by atoms with Crippen molar-refractivity contribution in [2.75, 3.05) is 32.8 Å². The Morgan fingerprint density at radius 2 is 1.77 bits per heavy atom. The van der Waals surface area contributed by atoms with Gasteiger partial charge in [-0.2, -0.15) is 0 Å². The molecule has 0 N–H and O–H groups in total. The molecule has 1 saturated heterocycles. The van der Waals surface area contributed by atoms with Crippen LogP contribution < -0.4 is 14.2 Å². The van der Waals surface area contributed by atoms with Crippen molar-refractivity contribution in [1.82, 2.24) is 4.90 Å². The molecule has 1 heterocycles. The highest BCUT2D eigenvalue weighted by Crippen LogP contribution is 2.39. The quantitative estimate of drug-likeness (QED) is 0.663. The molecule has 0 aromatic heterocycles. The number of carbonyl (C=O) groups excluding carboxylic acids is 1. The predicted octanol–water partition coefficient (Wildman–Crippen LogP) is 2.68. The fourth-order valence-corrected chi connectivity index (χ4v) is 5.32. The molecule has 2 aromatic carbocycles. The highest BCUT2D eigenvalue weighted by atomic mass is 32.2. The van der Waals surface area contributed by atoms with Gasteiger partial charge in [0.2, 0.25) is 5.75 Å². The summed E-state index contributed by atoms with van der Waals surface area (Å²) >= 11 is 0. The minimum Gasteiger partial charge on any atom is -0.493 e. The monoisotopic (exact) mass is 437 g/mol. The second-order valence-electron chi connectivity index (χ2n) is 7.03. The lowest BCUT2D eigenvalue weighted by molar-refractivity contribution is 0.0680. The minimum absolute atomic E-state index is 0.0137. The van der Waals surface area contributed by atoms with Crippen molar-refractivity contribution in [3.05, 3.63) is 53.3 Å². The number of hydrogen-bond donors (Lipinski definition) is 0. The molecular weight excluding hydrogens is 413 g/mol. The number of nitrogens with zero attached hydrogens (tertiary/aromatic N) is 1. The Morgan fingerprint density at radius 1 is 1.10 bits per heavy atom. The maximum atomic E-state index is 13.7. The number of rotatable bonds is 7. The fraction of sp³-hybridized carbons (Fsp3) is 0.381. The summed E-state index contributed by atoms with van der Waals surface area (Å²) in [5.41, 5.74) is 0.824. The van der Waals surface area contributed by atoms with E-state index in [1.165, 1.54) is 50.5 Å². The largest absolute Gasteiger partial charge is 0.493 e. The molecule has 0 unspecified atom stereocenters. The summed E-state index contributed by atoms with van der Waals surface area (Å²) in [6, 6.07) is 8.43. The molecule has 1 atom stereocenters. The molecule has 0 aliphatic carbocycles. The number of ether oxygens (including phenoxy) is 3. The first kappa shape index (κ1) is 21.9. The average Bonchev–Trinajstić information content (AvgIpc) is 3.09. The molecule has 162 valence electrons. The van der Waals surface area contributed by atoms with Crippen LogP contribution in [0.15, 0.2) is 36.4 Å². The second-order valence-corrected chi connectivity index (χ2v) is 9.26. The van der Waals surface area contributed by atoms with E-state index < -0.39 is 27.6 Å². The summed E-state index contributed by atoms with van der Waals surface area (Å²) in [6.07, 6.45) is 0.327. The van der Waals surface area contributed by atoms with Crippen LogP contribution in [0.1, 0.15) is 22.3 Å². The van der Waals surface area contributed by atoms with Gasteiger partial charge in [0.25, 0.3) is 5.91 Å². The molecule has 30 heavy (non-hydrogen) atoms. The van der Waals surface area contributed by atoms with E-state index >= 15 is 0 Å². The SMILES string of the molecule is COc1cc(C(=O)N(Cc2cccc(F)c2)[C@H]2CCS(=O)(=O)C2)cc(OC)c1OC. The summed E-state index contributed by atoms with van der Waals surface area (Å²) in [6.45, 7) is 0.0768. The van der Waals surface area contributed by atoms with Crippen LogP contribution in [-0.2, 0) is 16.4 Å². The Labute approximate surface area is 175 Å². The van der Waals surface area contributed by atoms with Gasteiger partial charge in [0, 0.05) is 18.2 Å². The molecule has 0 bridgehead atoms. The Bertz CT molecular complexity index is 1010. The van der Waals surface area contributed by atoms with Crippen LogP contribution in [0, 0.1) is 5.82 Å². The Morgan fingerprint density at radius 3 is 2.27 bits per heavy atom. The van der Waals surface area contributed by atoms with Gasteiger partial charge < -0.3 is 19.1 Å². The van der Waals surface area contributed by atoms with E-state index in [-0.39, 0.29) is 23.6 Å². The van der Waals surface area contributed by atoms with Gasteiger partial charge in [0.15, 0.2) is 21.3 Å². The van der Waals surface area contributed by atoms with Crippen molar-refractivity contribution in [3.8, 4) is 17.2 Å². The number of methoxy groups -OCH3 is 3. The summed E-state index contributed by atoms with van der Waals surface area (Å²) in [4.78, 5) is 14.9. The molecule has 1 aliphatic rings. The number of hydrogen-bond acceptors (Lipinski definition) is 6. The molecule has 1 aliphatic heterocycles. The first-order valence-electron chi connectivity index (χ1n) is 9.34. The highest BCUT2D eigenvalue weighted by Gasteiger charge is 2.35. The third kappa shape index (κ3) is 4.67. The maximum Gasteiger partial charge on any atom is 0.254 e. The topological polar surface area (TPSA) is 82.1 Å². The average molecular weight is 437 g/mol. The molecule has 7 nitrogen and oxygen atoms in total. The van der Waals surface area contributed by atoms with E-state index in [0.29, 0.717) is 29.2 Å². The van der Waals surface area contributed by atoms with Crippen LogP contribution >= 0.6 is 0 Å². The van der Waals surface area contributed by atoms with Crippen LogP contribution in [0.25, 0.3) is 0 Å². The lowest BCUT2D eigenvalue weighted by Gasteiger charge is -2.29. The van der Waals surface area contributed by atoms with Crippen molar-refractivity contribution in [2.24, 2.45) is 0 Å². The van der Waals surface area contributed by atoms with Crippen molar-refractivity contribution in [1.29, 1.82) is 0 Å². The number of amides is 1. The smallest absolute Gasteiger partial charge is 0.254 e. The van der Waals surface area contributed by atoms with Gasteiger partial charge in [-0.05, 0) is 36.2 Å². The molecule has 0 radical (unpaired) electrons. The molecule has 0 saturated carbocycles. The normalized spacial score (nSPS) is 17.4. The molecule has 1 amide bonds. The van der Waals surface area contributed by atoms with E-state index in [0.717, 1.165) is 0 Å². The highest BCUT2D eigenvalue weighted by molar-refractivity contribution is 7.91. The Kier molecular flexibility index (Phi) is 6.50. The van der Waals surface area contributed by atoms with Crippen molar-refractivity contribution in [3.63, 3.8) is 0 Å². The number of benzene rings is 2. The van der Waals surface area contributed by atoms with Gasteiger partial charge in [-0.15, -0.1) is 0 Å². The van der Waals surface area contributed by atoms with Crippen molar-refractivity contribution >= 4 is 15.7 Å². The van der Waals surface area contributed by atoms with Crippen LogP contribution in [0.3, 0.4) is 0 Å². The maximum absolute atomic E-state index is 13.7. The van der Waals surface area contributed by atoms with E-state index in [4.69, 9.17) is 14.2 Å². The van der Waals surface area contributed by atoms with Crippen molar-refractivity contribution < 1.29 is 31.8 Å². The second kappa shape index (κ2) is 8.91. The first-order chi connectivity index (χ1) is 14.3. The van der Waals surface area contributed by atoms with Crippen LogP contribution in [-0.4, -0.2) is 58.1 Å². The molecule has 0 spiro atoms. The number of sulfone groups is 1. The van der Waals surface area contributed by atoms with E-state index in [9.17, 15) is 17.6 Å². The third-order valence-electron chi connectivity index (χ3n) is 5.06. The first-order valence-corrected chi connectivity index (χ1v) is 11.2. The van der Waals surface area contributed by atoms with Crippen molar-refractivity contribution in [2.45, 2.75) is 19.0 Å². The summed E-state index contributed by atoms with van der Waals surface area (Å²) in [5.74, 6) is 0.0251. The van der Waals surface area contributed by atoms with Crippen LogP contribution in [0.2, 0.25) is 0 Å². The van der Waals surface area contributed by atoms with E-state index in [1.54, 1.807) is 12.1 Å². The summed E-state index contributed by atoms with van der Waals surface area (Å²) in [5, 5.41) is 0. The molecule has 2 aromatic rings. The zero-order valence-electron chi connectivity index (χ0n) is 17.1. The summed E-state index contributed by atoms with van der Waals surface area (Å²) in [7, 11) is 1.12. The van der Waals surface area contributed by atoms with E-state index in [1.807, 2.05) is 0 Å². The third-order valence-corrected chi connectivity index (χ3v) is 6.81. The zero-order valence-corrected chi connectivity index (χ0v) is 17.9. The summed E-state index contributed by atoms with van der Waals surface area (Å²) < 4.78 is 53.7. The van der Waals surface area contributed by atoms with Gasteiger partial charge in [0.05, 0.1) is 32.8 Å². The molecule has 1 fully saturated rings. The molecule has 3 rings (SSSR count). The van der Waals surface area contributed by atoms with Gasteiger partial charge >= 0.3 is 0 Å².